The van der Waals surface area contributed by atoms with Gasteiger partial charge in [0.15, 0.2) is 0 Å². The number of imide groups is 2. The maximum atomic E-state index is 13.5. The number of nitrogens with one attached hydrogen (secondary N) is 2. The Morgan fingerprint density at radius 3 is 1.37 bits per heavy atom. The van der Waals surface area contributed by atoms with Crippen molar-refractivity contribution < 1.29 is 37.8 Å². The summed E-state index contributed by atoms with van der Waals surface area (Å²) in [6.07, 6.45) is 0.115. The Hall–Kier alpha value is -1.82. The summed E-state index contributed by atoms with van der Waals surface area (Å²) < 4.78 is 12.7. The number of amides is 8. The monoisotopic (exact) mass is 506 g/mol. The van der Waals surface area contributed by atoms with Crippen LogP contribution in [0.25, 0.3) is 0 Å². The fraction of sp³-hybridized carbons (Fsp3) is 0.500. The van der Waals surface area contributed by atoms with Crippen LogP contribution in [0, 0.1) is 0 Å². The van der Waals surface area contributed by atoms with Crippen molar-refractivity contribution in [1.82, 2.24) is 28.9 Å². The van der Waals surface area contributed by atoms with Crippen molar-refractivity contribution in [2.75, 3.05) is 25.2 Å². The molecule has 14 nitrogen and oxygen atoms in total. The van der Waals surface area contributed by atoms with Crippen molar-refractivity contribution in [3.05, 3.63) is 0 Å². The van der Waals surface area contributed by atoms with Crippen LogP contribution in [-0.4, -0.2) is 80.1 Å². The molecule has 3 fully saturated rings. The van der Waals surface area contributed by atoms with E-state index in [1.54, 1.807) is 0 Å². The predicted octanol–water partition coefficient (Wildman–Crippen LogP) is 2.10. The van der Waals surface area contributed by atoms with Crippen LogP contribution in [0.4, 0.5) is 19.2 Å². The van der Waals surface area contributed by atoms with Gasteiger partial charge in [0.25, 0.3) is 0 Å². The zero-order valence-electron chi connectivity index (χ0n) is 15.7. The molecule has 3 rings (SSSR count). The molecule has 3 heterocycles. The van der Waals surface area contributed by atoms with Crippen molar-refractivity contribution >= 4 is 73.9 Å². The van der Waals surface area contributed by atoms with E-state index in [4.69, 9.17) is 32.2 Å². The molecular formula is C12H18Cl2N6O8P2. The van der Waals surface area contributed by atoms with Crippen molar-refractivity contribution in [2.45, 2.75) is 13.8 Å². The van der Waals surface area contributed by atoms with Crippen molar-refractivity contribution in [1.29, 1.82) is 0 Å². The van der Waals surface area contributed by atoms with Crippen molar-refractivity contribution in [3.8, 4) is 0 Å². The van der Waals surface area contributed by atoms with Crippen LogP contribution in [0.2, 0.25) is 0 Å². The zero-order chi connectivity index (χ0) is 22.6. The number of hydrogen-bond donors (Lipinski definition) is 2. The molecule has 0 aromatic heterocycles. The fourth-order valence-electron chi connectivity index (χ4n) is 4.14. The molecule has 3 aliphatic rings. The van der Waals surface area contributed by atoms with Gasteiger partial charge in [0.1, 0.15) is 0 Å². The number of rotatable bonds is 10. The first-order valence-electron chi connectivity index (χ1n) is 8.43. The topological polar surface area (TPSA) is 158 Å². The van der Waals surface area contributed by atoms with Crippen LogP contribution < -0.4 is 10.2 Å². The average Bonchev–Trinajstić information content (AvgIpc) is 2.95. The molecule has 0 bridgehead atoms. The second-order valence-electron chi connectivity index (χ2n) is 6.03. The van der Waals surface area contributed by atoms with E-state index in [9.17, 15) is 28.8 Å². The molecule has 0 aliphatic carbocycles. The maximum absolute atomic E-state index is 13.5. The average molecular weight is 507 g/mol. The van der Waals surface area contributed by atoms with Gasteiger partial charge in [0.05, 0.1) is 0 Å². The molecule has 168 valence electrons. The Kier molecular flexibility index (Phi) is 5.21. The first-order valence-corrected chi connectivity index (χ1v) is 13.6. The normalized spacial score (nSPS) is 27.2. The third-order valence-corrected chi connectivity index (χ3v) is 17.4. The molecule has 3 saturated heterocycles. The van der Waals surface area contributed by atoms with Gasteiger partial charge in [-0.1, -0.05) is 0 Å². The number of halogens is 2. The van der Waals surface area contributed by atoms with Crippen LogP contribution in [0.5, 0.6) is 0 Å². The second-order valence-corrected chi connectivity index (χ2v) is 14.3. The molecule has 0 radical (unpaired) electrons. The Morgan fingerprint density at radius 2 is 1.13 bits per heavy atom. The summed E-state index contributed by atoms with van der Waals surface area (Å²) in [5.74, 6) is 0. The number of nitrogens with zero attached hydrogens (tertiary/aromatic N) is 4. The molecule has 0 aromatic rings. The van der Waals surface area contributed by atoms with Gasteiger partial charge in [-0.15, -0.1) is 0 Å². The van der Waals surface area contributed by atoms with Crippen molar-refractivity contribution in [2.24, 2.45) is 0 Å². The molecule has 0 atom stereocenters. The van der Waals surface area contributed by atoms with Gasteiger partial charge in [0, 0.05) is 0 Å². The molecule has 2 N–H and O–H groups in total. The number of carbonyl (C=O) groups is 6. The summed E-state index contributed by atoms with van der Waals surface area (Å²) in [5, 5.41) is 4.43. The van der Waals surface area contributed by atoms with Crippen LogP contribution >= 0.6 is 37.8 Å². The molecule has 0 spiro atoms. The Balaban J connectivity index is 2.52. The van der Waals surface area contributed by atoms with Crippen LogP contribution in [-0.2, 0) is 18.6 Å². The van der Waals surface area contributed by atoms with Gasteiger partial charge in [0.2, 0.25) is 0 Å². The van der Waals surface area contributed by atoms with E-state index in [0.29, 0.717) is 18.7 Å². The Bertz CT molecular complexity index is 813. The minimum absolute atomic E-state index is 0.0576. The van der Waals surface area contributed by atoms with E-state index in [0.717, 1.165) is 0 Å². The van der Waals surface area contributed by atoms with Crippen LogP contribution in [0.15, 0.2) is 0 Å². The summed E-state index contributed by atoms with van der Waals surface area (Å²) in [4.78, 5) is 77.9. The Morgan fingerprint density at radius 1 is 0.800 bits per heavy atom. The third kappa shape index (κ3) is 1.87. The van der Waals surface area contributed by atoms with Gasteiger partial charge in [-0.05, 0) is 0 Å². The summed E-state index contributed by atoms with van der Waals surface area (Å²) in [6.45, 7) is 2.33. The zero-order valence-corrected chi connectivity index (χ0v) is 19.0. The molecule has 3 aliphatic heterocycles. The van der Waals surface area contributed by atoms with Gasteiger partial charge in [-0.2, -0.15) is 0 Å². The van der Waals surface area contributed by atoms with Crippen LogP contribution in [0.3, 0.4) is 0 Å². The van der Waals surface area contributed by atoms with Gasteiger partial charge in [-0.25, -0.2) is 0 Å². The first kappa shape index (κ1) is 22.9. The molecule has 8 amide bonds. The Labute approximate surface area is 180 Å². The quantitative estimate of drug-likeness (QED) is 0.197. The summed E-state index contributed by atoms with van der Waals surface area (Å²) in [5.41, 5.74) is -2.31. The molecule has 0 aromatic carbocycles. The number of hydrogen-bond acceptors (Lipinski definition) is 8. The number of alkyl halides is 2. The predicted molar refractivity (Wildman–Crippen MR) is 106 cm³/mol. The molecule has 18 heteroatoms. The van der Waals surface area contributed by atoms with E-state index in [1.807, 2.05) is 0 Å². The van der Waals surface area contributed by atoms with E-state index >= 15 is 0 Å². The fourth-order valence-corrected chi connectivity index (χ4v) is 18.9. The second kappa shape index (κ2) is 6.84. The molecule has 0 unspecified atom stereocenters. The van der Waals surface area contributed by atoms with E-state index in [2.05, 4.69) is 10.2 Å². The van der Waals surface area contributed by atoms with Gasteiger partial charge in [-0.3, -0.25) is 0 Å². The van der Waals surface area contributed by atoms with Gasteiger partial charge >= 0.3 is 180 Å². The van der Waals surface area contributed by atoms with E-state index in [1.165, 1.54) is 13.8 Å². The summed E-state index contributed by atoms with van der Waals surface area (Å²) in [6, 6.07) is -3.72. The van der Waals surface area contributed by atoms with Gasteiger partial charge < -0.3 is 0 Å². The molecule has 0 saturated carbocycles. The SMILES string of the molecule is CCOP12(NC=O)C(=O)N(CCl)C(=O)N1P1(NC=O)(OCC)C(=O)N(CCl)C(=O)N21. The van der Waals surface area contributed by atoms with Crippen LogP contribution in [0.1, 0.15) is 13.8 Å². The first-order chi connectivity index (χ1) is 14.2. The van der Waals surface area contributed by atoms with E-state index in [-0.39, 0.29) is 26.0 Å². The summed E-state index contributed by atoms with van der Waals surface area (Å²) >= 11 is 11.6. The summed E-state index contributed by atoms with van der Waals surface area (Å²) in [7, 11) is -10.8. The standard InChI is InChI=1S/C12H18Cl2N6O8P2/c1-3-27-29(15-7-21)11(25)17(5-13)9(23)19(29)30(16-8-22,28-4-2)12(26)18(6-14)10(24)20(29)30/h7-8H,3-6H2,1-2H3,(H,15,21)(H,16,22). The number of fused-ring (bicyclic) bond motifs is 4. The molecule has 30 heavy (non-hydrogen) atoms. The third-order valence-electron chi connectivity index (χ3n) is 4.92. The number of urea groups is 2. The number of carbonyl (C=O) groups excluding carboxylic acids is 6. The van der Waals surface area contributed by atoms with E-state index < -0.39 is 49.9 Å². The minimum atomic E-state index is -5.40. The molecular weight excluding hydrogens is 489 g/mol. The van der Waals surface area contributed by atoms with Crippen molar-refractivity contribution in [3.63, 3.8) is 0 Å².